The molecule has 1 fully saturated rings. The normalized spacial score (nSPS) is 25.1. The number of carbonyl (C=O) groups excluding carboxylic acids is 1. The Hall–Kier alpha value is -1.17. The van der Waals surface area contributed by atoms with Crippen LogP contribution in [0.3, 0.4) is 0 Å². The third-order valence-corrected chi connectivity index (χ3v) is 5.43. The third-order valence-electron chi connectivity index (χ3n) is 5.43. The molecule has 0 aromatic rings. The van der Waals surface area contributed by atoms with Crippen molar-refractivity contribution in [3.63, 3.8) is 0 Å². The van der Waals surface area contributed by atoms with Crippen LogP contribution in [0.2, 0.25) is 0 Å². The molecule has 0 aromatic carbocycles. The van der Waals surface area contributed by atoms with Gasteiger partial charge in [0.2, 0.25) is 0 Å². The maximum absolute atomic E-state index is 11.0. The molecule has 0 spiro atoms. The van der Waals surface area contributed by atoms with Crippen molar-refractivity contribution < 1.29 is 24.5 Å². The van der Waals surface area contributed by atoms with Crippen LogP contribution in [0.25, 0.3) is 0 Å². The van der Waals surface area contributed by atoms with Gasteiger partial charge in [-0.1, -0.05) is 37.1 Å². The number of methoxy groups -OCH3 is 1. The fraction of sp³-hybridized carbons (Fsp3) is 0.783. The molecule has 3 atom stereocenters. The van der Waals surface area contributed by atoms with Crippen LogP contribution in [0.4, 0.5) is 0 Å². The van der Waals surface area contributed by atoms with Gasteiger partial charge in [0.15, 0.2) is 0 Å². The number of aliphatic hydroxyl groups is 2. The molecular formula is C23H40O5. The van der Waals surface area contributed by atoms with Crippen molar-refractivity contribution in [2.24, 2.45) is 5.92 Å². The number of esters is 1. The van der Waals surface area contributed by atoms with Gasteiger partial charge in [-0.05, 0) is 57.8 Å². The lowest BCUT2D eigenvalue weighted by Gasteiger charge is -2.28. The first-order valence-corrected chi connectivity index (χ1v) is 10.8. The largest absolute Gasteiger partial charge is 0.466 e. The number of hydrogen-bond donors (Lipinski definition) is 2. The first-order valence-electron chi connectivity index (χ1n) is 10.8. The summed E-state index contributed by atoms with van der Waals surface area (Å²) in [4.78, 5) is 10.7. The Balaban J connectivity index is 2.27. The number of hydrogen-bond acceptors (Lipinski definition) is 5. The van der Waals surface area contributed by atoms with E-state index in [-0.39, 0.29) is 11.9 Å². The molecule has 0 aliphatic heterocycles. The summed E-state index contributed by atoms with van der Waals surface area (Å²) in [5.74, 6) is -0.419. The number of aliphatic hydroxyl groups excluding tert-OH is 1. The maximum Gasteiger partial charge on any atom is 0.302 e. The van der Waals surface area contributed by atoms with E-state index in [1.807, 2.05) is 12.2 Å². The van der Waals surface area contributed by atoms with E-state index in [0.717, 1.165) is 45.1 Å². The van der Waals surface area contributed by atoms with Gasteiger partial charge in [-0.25, -0.2) is 0 Å². The molecule has 1 rings (SSSR count). The van der Waals surface area contributed by atoms with E-state index in [0.29, 0.717) is 25.9 Å². The average Bonchev–Trinajstić information content (AvgIpc) is 2.94. The van der Waals surface area contributed by atoms with Gasteiger partial charge < -0.3 is 19.7 Å². The highest BCUT2D eigenvalue weighted by Gasteiger charge is 2.44. The van der Waals surface area contributed by atoms with E-state index in [9.17, 15) is 15.0 Å². The molecule has 0 amide bonds. The van der Waals surface area contributed by atoms with Crippen molar-refractivity contribution in [2.75, 3.05) is 20.3 Å². The van der Waals surface area contributed by atoms with E-state index in [1.165, 1.54) is 19.8 Å². The summed E-state index contributed by atoms with van der Waals surface area (Å²) in [6.45, 7) is 2.72. The van der Waals surface area contributed by atoms with Crippen molar-refractivity contribution in [1.29, 1.82) is 0 Å². The predicted octanol–water partition coefficient (Wildman–Crippen LogP) is 4.32. The van der Waals surface area contributed by atoms with Crippen LogP contribution in [-0.4, -0.2) is 48.2 Å². The van der Waals surface area contributed by atoms with Crippen LogP contribution in [0, 0.1) is 5.92 Å². The fourth-order valence-electron chi connectivity index (χ4n) is 3.74. The minimum Gasteiger partial charge on any atom is -0.466 e. The van der Waals surface area contributed by atoms with E-state index in [1.54, 1.807) is 7.11 Å². The molecule has 2 N–H and O–H groups in total. The molecular weight excluding hydrogens is 356 g/mol. The summed E-state index contributed by atoms with van der Waals surface area (Å²) in [5.41, 5.74) is -0.845. The van der Waals surface area contributed by atoms with Gasteiger partial charge in [-0.15, -0.1) is 0 Å². The predicted molar refractivity (Wildman–Crippen MR) is 112 cm³/mol. The first-order chi connectivity index (χ1) is 13.5. The van der Waals surface area contributed by atoms with Crippen molar-refractivity contribution in [3.8, 4) is 0 Å². The number of allylic oxidation sites excluding steroid dienone is 2. The highest BCUT2D eigenvalue weighted by Crippen LogP contribution is 2.39. The summed E-state index contributed by atoms with van der Waals surface area (Å²) in [7, 11) is 1.73. The fourth-order valence-corrected chi connectivity index (χ4v) is 3.74. The topological polar surface area (TPSA) is 76.0 Å². The van der Waals surface area contributed by atoms with Crippen molar-refractivity contribution >= 4 is 5.97 Å². The Labute approximate surface area is 170 Å². The molecule has 5 nitrogen and oxygen atoms in total. The summed E-state index contributed by atoms with van der Waals surface area (Å²) >= 11 is 0. The minimum atomic E-state index is -0.845. The molecule has 1 aliphatic carbocycles. The quantitative estimate of drug-likeness (QED) is 0.245. The Kier molecular flexibility index (Phi) is 13.1. The lowest BCUT2D eigenvalue weighted by atomic mass is 9.86. The number of rotatable bonds is 15. The summed E-state index contributed by atoms with van der Waals surface area (Å²) in [6.07, 6.45) is 18.0. The number of unbranched alkanes of at least 4 members (excludes halogenated alkanes) is 6. The molecule has 0 bridgehead atoms. The maximum atomic E-state index is 11.0. The third kappa shape index (κ3) is 10.4. The van der Waals surface area contributed by atoms with Crippen LogP contribution < -0.4 is 0 Å². The molecule has 0 aromatic heterocycles. The Morgan fingerprint density at radius 3 is 2.46 bits per heavy atom. The monoisotopic (exact) mass is 396 g/mol. The van der Waals surface area contributed by atoms with Crippen LogP contribution in [0.1, 0.15) is 77.6 Å². The van der Waals surface area contributed by atoms with E-state index in [4.69, 9.17) is 9.47 Å². The summed E-state index contributed by atoms with van der Waals surface area (Å²) in [5, 5.41) is 21.3. The van der Waals surface area contributed by atoms with Crippen molar-refractivity contribution in [3.05, 3.63) is 24.3 Å². The summed E-state index contributed by atoms with van der Waals surface area (Å²) in [6, 6.07) is 0. The molecule has 0 heterocycles. The molecule has 5 heteroatoms. The Bertz CT molecular complexity index is 474. The van der Waals surface area contributed by atoms with E-state index < -0.39 is 11.7 Å². The zero-order valence-corrected chi connectivity index (χ0v) is 17.8. The van der Waals surface area contributed by atoms with Crippen molar-refractivity contribution in [1.82, 2.24) is 0 Å². The molecule has 1 unspecified atom stereocenters. The second kappa shape index (κ2) is 14.8. The van der Waals surface area contributed by atoms with Gasteiger partial charge in [0.1, 0.15) is 0 Å². The van der Waals surface area contributed by atoms with Gasteiger partial charge in [0, 0.05) is 26.6 Å². The smallest absolute Gasteiger partial charge is 0.302 e. The minimum absolute atomic E-state index is 0.186. The highest BCUT2D eigenvalue weighted by atomic mass is 16.5. The van der Waals surface area contributed by atoms with E-state index in [2.05, 4.69) is 12.2 Å². The second-order valence-corrected chi connectivity index (χ2v) is 7.87. The Morgan fingerprint density at radius 1 is 1.04 bits per heavy atom. The summed E-state index contributed by atoms with van der Waals surface area (Å²) < 4.78 is 9.96. The molecule has 1 aliphatic rings. The molecule has 28 heavy (non-hydrogen) atoms. The molecule has 0 radical (unpaired) electrons. The van der Waals surface area contributed by atoms with Gasteiger partial charge in [0.05, 0.1) is 18.3 Å². The van der Waals surface area contributed by atoms with Gasteiger partial charge in [0.25, 0.3) is 0 Å². The zero-order chi connectivity index (χ0) is 20.7. The Morgan fingerprint density at radius 2 is 1.71 bits per heavy atom. The second-order valence-electron chi connectivity index (χ2n) is 7.87. The number of ether oxygens (including phenoxy) is 2. The van der Waals surface area contributed by atoms with Gasteiger partial charge >= 0.3 is 5.97 Å². The number of carbonyl (C=O) groups is 1. The molecule has 162 valence electrons. The molecule has 1 saturated carbocycles. The molecule has 0 saturated heterocycles. The van der Waals surface area contributed by atoms with Crippen LogP contribution >= 0.6 is 0 Å². The highest BCUT2D eigenvalue weighted by molar-refractivity contribution is 5.65. The van der Waals surface area contributed by atoms with Crippen LogP contribution in [-0.2, 0) is 14.3 Å². The standard InChI is InChI=1S/C23H40O5/c1-20(24)28-19-13-9-5-7-11-16-23(26)17-15-22(25)21(23)14-10-6-3-4-8-12-18-27-2/h7,10-11,14,21-22,25-26H,3-6,8-9,12-13,15-19H2,1-2H3/t21-,22+,23?/m0/s1. The van der Waals surface area contributed by atoms with Gasteiger partial charge in [-0.2, -0.15) is 0 Å². The zero-order valence-electron chi connectivity index (χ0n) is 17.8. The lowest BCUT2D eigenvalue weighted by Crippen LogP contribution is -2.35. The van der Waals surface area contributed by atoms with Crippen LogP contribution in [0.15, 0.2) is 24.3 Å². The van der Waals surface area contributed by atoms with Gasteiger partial charge in [-0.3, -0.25) is 4.79 Å². The van der Waals surface area contributed by atoms with E-state index >= 15 is 0 Å². The first kappa shape index (κ1) is 24.9. The SMILES string of the molecule is COCCCCCCC=C[C@H]1[C@H](O)CCC1(O)CC=CCCCCOC(C)=O. The van der Waals surface area contributed by atoms with Crippen LogP contribution in [0.5, 0.6) is 0 Å². The average molecular weight is 397 g/mol. The lowest BCUT2D eigenvalue weighted by molar-refractivity contribution is -0.141. The van der Waals surface area contributed by atoms with Crippen molar-refractivity contribution in [2.45, 2.75) is 89.3 Å².